The van der Waals surface area contributed by atoms with E-state index in [0.717, 1.165) is 4.70 Å². The van der Waals surface area contributed by atoms with E-state index in [1.807, 2.05) is 0 Å². The number of aromatic hydroxyl groups is 2. The highest BCUT2D eigenvalue weighted by Gasteiger charge is 2.08. The van der Waals surface area contributed by atoms with Crippen LogP contribution < -0.4 is 0 Å². The van der Waals surface area contributed by atoms with E-state index >= 15 is 0 Å². The maximum atomic E-state index is 9.38. The Morgan fingerprint density at radius 2 is 1.92 bits per heavy atom. The van der Waals surface area contributed by atoms with Gasteiger partial charge in [-0.05, 0) is 12.1 Å². The van der Waals surface area contributed by atoms with Crippen LogP contribution in [0.25, 0.3) is 10.1 Å². The molecule has 4 heteroatoms. The van der Waals surface area contributed by atoms with Crippen LogP contribution in [-0.2, 0) is 0 Å². The number of hydrogen-bond donors (Lipinski definition) is 2. The van der Waals surface area contributed by atoms with Gasteiger partial charge in [-0.3, -0.25) is 0 Å². The number of phenolic OH excluding ortho intramolecular Hbond substituents is 1. The minimum atomic E-state index is 0.0243. The van der Waals surface area contributed by atoms with E-state index in [9.17, 15) is 10.2 Å². The van der Waals surface area contributed by atoms with Crippen LogP contribution in [0.4, 0.5) is 0 Å². The van der Waals surface area contributed by atoms with Crippen LogP contribution in [0.5, 0.6) is 11.5 Å². The summed E-state index contributed by atoms with van der Waals surface area (Å²) in [4.78, 5) is 0. The molecule has 1 aromatic heterocycles. The molecular formula is C8H5ClO2S. The normalized spacial score (nSPS) is 10.8. The lowest BCUT2D eigenvalue weighted by Gasteiger charge is -1.96. The first kappa shape index (κ1) is 7.71. The number of hydrogen-bond acceptors (Lipinski definition) is 3. The molecule has 0 saturated heterocycles. The number of fused-ring (bicyclic) bond motifs is 1. The zero-order valence-corrected chi connectivity index (χ0v) is 7.49. The van der Waals surface area contributed by atoms with E-state index in [1.54, 1.807) is 11.4 Å². The van der Waals surface area contributed by atoms with Crippen LogP contribution in [0.15, 0.2) is 17.5 Å². The van der Waals surface area contributed by atoms with Crippen molar-refractivity contribution in [3.8, 4) is 11.5 Å². The van der Waals surface area contributed by atoms with Crippen LogP contribution in [-0.4, -0.2) is 10.2 Å². The lowest BCUT2D eigenvalue weighted by atomic mass is 10.2. The minimum absolute atomic E-state index is 0.0243. The fraction of sp³-hybridized carbons (Fsp3) is 0. The van der Waals surface area contributed by atoms with Crippen molar-refractivity contribution >= 4 is 33.0 Å². The molecule has 0 amide bonds. The highest BCUT2D eigenvalue weighted by atomic mass is 35.5. The largest absolute Gasteiger partial charge is 0.507 e. The molecule has 0 saturated carbocycles. The van der Waals surface area contributed by atoms with Crippen LogP contribution in [0, 0.1) is 0 Å². The first-order chi connectivity index (χ1) is 5.68. The molecule has 0 bridgehead atoms. The predicted octanol–water partition coefficient (Wildman–Crippen LogP) is 2.97. The van der Waals surface area contributed by atoms with Gasteiger partial charge in [0, 0.05) is 15.1 Å². The Hall–Kier alpha value is -0.930. The van der Waals surface area contributed by atoms with E-state index < -0.39 is 0 Å². The van der Waals surface area contributed by atoms with Crippen molar-refractivity contribution in [3.05, 3.63) is 22.5 Å². The van der Waals surface area contributed by atoms with E-state index in [2.05, 4.69) is 0 Å². The molecule has 0 aliphatic carbocycles. The number of thiophene rings is 1. The third-order valence-corrected chi connectivity index (χ3v) is 2.74. The average Bonchev–Trinajstić information content (AvgIpc) is 2.31. The fourth-order valence-corrected chi connectivity index (χ4v) is 2.25. The van der Waals surface area contributed by atoms with Gasteiger partial charge in [0.25, 0.3) is 0 Å². The Bertz CT molecular complexity index is 436. The van der Waals surface area contributed by atoms with Crippen LogP contribution >= 0.6 is 22.9 Å². The average molecular weight is 201 g/mol. The molecule has 1 heterocycles. The molecule has 0 spiro atoms. The SMILES string of the molecule is Oc1csc2cc(Cl)cc(O)c12. The van der Waals surface area contributed by atoms with Crippen molar-refractivity contribution in [3.63, 3.8) is 0 Å². The number of halogens is 1. The van der Waals surface area contributed by atoms with Crippen molar-refractivity contribution in [2.75, 3.05) is 0 Å². The summed E-state index contributed by atoms with van der Waals surface area (Å²) in [7, 11) is 0. The van der Waals surface area contributed by atoms with Gasteiger partial charge in [-0.2, -0.15) is 0 Å². The van der Waals surface area contributed by atoms with Crippen molar-refractivity contribution < 1.29 is 10.2 Å². The molecule has 0 fully saturated rings. The lowest BCUT2D eigenvalue weighted by molar-refractivity contribution is 0.465. The third kappa shape index (κ3) is 1.02. The molecule has 0 atom stereocenters. The predicted molar refractivity (Wildman–Crippen MR) is 50.2 cm³/mol. The molecule has 0 unspecified atom stereocenters. The van der Waals surface area contributed by atoms with Gasteiger partial charge in [0.1, 0.15) is 11.5 Å². The molecule has 0 radical (unpaired) electrons. The molecule has 0 aliphatic heterocycles. The molecule has 12 heavy (non-hydrogen) atoms. The summed E-state index contributed by atoms with van der Waals surface area (Å²) in [6.07, 6.45) is 0. The second-order valence-electron chi connectivity index (χ2n) is 2.42. The lowest BCUT2D eigenvalue weighted by Crippen LogP contribution is -1.68. The second-order valence-corrected chi connectivity index (χ2v) is 3.77. The highest BCUT2D eigenvalue weighted by Crippen LogP contribution is 2.39. The third-order valence-electron chi connectivity index (χ3n) is 1.60. The van der Waals surface area contributed by atoms with Gasteiger partial charge in [0.15, 0.2) is 0 Å². The van der Waals surface area contributed by atoms with Crippen LogP contribution in [0.3, 0.4) is 0 Å². The Kier molecular flexibility index (Phi) is 1.63. The van der Waals surface area contributed by atoms with Crippen LogP contribution in [0.1, 0.15) is 0 Å². The van der Waals surface area contributed by atoms with Gasteiger partial charge in [-0.1, -0.05) is 11.6 Å². The Morgan fingerprint density at radius 1 is 1.17 bits per heavy atom. The highest BCUT2D eigenvalue weighted by molar-refractivity contribution is 7.17. The number of phenols is 1. The van der Waals surface area contributed by atoms with Crippen molar-refractivity contribution in [2.45, 2.75) is 0 Å². The Morgan fingerprint density at radius 3 is 2.67 bits per heavy atom. The van der Waals surface area contributed by atoms with E-state index in [4.69, 9.17) is 11.6 Å². The standard InChI is InChI=1S/C8H5ClO2S/c9-4-1-5(10)8-6(11)3-12-7(8)2-4/h1-3,10-11H. The van der Waals surface area contributed by atoms with Gasteiger partial charge < -0.3 is 10.2 Å². The van der Waals surface area contributed by atoms with Crippen molar-refractivity contribution in [1.29, 1.82) is 0 Å². The van der Waals surface area contributed by atoms with Crippen LogP contribution in [0.2, 0.25) is 5.02 Å². The maximum absolute atomic E-state index is 9.38. The first-order valence-electron chi connectivity index (χ1n) is 3.27. The molecule has 0 aliphatic rings. The summed E-state index contributed by atoms with van der Waals surface area (Å²) in [6, 6.07) is 3.12. The van der Waals surface area contributed by atoms with Gasteiger partial charge in [0.05, 0.1) is 5.39 Å². The molecule has 2 aromatic rings. The smallest absolute Gasteiger partial charge is 0.137 e. The molecule has 2 rings (SSSR count). The molecule has 1 aromatic carbocycles. The van der Waals surface area contributed by atoms with E-state index in [0.29, 0.717) is 10.4 Å². The topological polar surface area (TPSA) is 40.5 Å². The minimum Gasteiger partial charge on any atom is -0.507 e. The second kappa shape index (κ2) is 2.54. The van der Waals surface area contributed by atoms with E-state index in [1.165, 1.54) is 17.4 Å². The van der Waals surface area contributed by atoms with Gasteiger partial charge in [-0.25, -0.2) is 0 Å². The fourth-order valence-electron chi connectivity index (χ4n) is 1.10. The summed E-state index contributed by atoms with van der Waals surface area (Å²) in [5.41, 5.74) is 0. The molecule has 2 nitrogen and oxygen atoms in total. The summed E-state index contributed by atoms with van der Waals surface area (Å²) in [5.74, 6) is 0.125. The molecule has 62 valence electrons. The quantitative estimate of drug-likeness (QED) is 0.687. The monoisotopic (exact) mass is 200 g/mol. The van der Waals surface area contributed by atoms with Gasteiger partial charge in [-0.15, -0.1) is 11.3 Å². The number of benzene rings is 1. The Labute approximate surface area is 77.6 Å². The summed E-state index contributed by atoms with van der Waals surface area (Å²) < 4.78 is 0.789. The van der Waals surface area contributed by atoms with Gasteiger partial charge >= 0.3 is 0 Å². The zero-order valence-electron chi connectivity index (χ0n) is 5.91. The first-order valence-corrected chi connectivity index (χ1v) is 4.53. The molecule has 2 N–H and O–H groups in total. The summed E-state index contributed by atoms with van der Waals surface area (Å²) in [6.45, 7) is 0. The van der Waals surface area contributed by atoms with Gasteiger partial charge in [0.2, 0.25) is 0 Å². The Balaban J connectivity index is 2.93. The summed E-state index contributed by atoms with van der Waals surface area (Å²) >= 11 is 7.05. The number of rotatable bonds is 0. The van der Waals surface area contributed by atoms with Crippen molar-refractivity contribution in [2.24, 2.45) is 0 Å². The summed E-state index contributed by atoms with van der Waals surface area (Å²) in [5, 5.41) is 21.2. The van der Waals surface area contributed by atoms with E-state index in [-0.39, 0.29) is 11.5 Å². The maximum Gasteiger partial charge on any atom is 0.137 e. The molecular weight excluding hydrogens is 196 g/mol. The zero-order chi connectivity index (χ0) is 8.72. The van der Waals surface area contributed by atoms with Crippen molar-refractivity contribution in [1.82, 2.24) is 0 Å².